The Labute approximate surface area is 105 Å². The molecule has 0 N–H and O–H groups in total. The number of likely N-dealkylation sites (tertiary alicyclic amines) is 1. The van der Waals surface area contributed by atoms with Crippen molar-refractivity contribution in [3.8, 4) is 0 Å². The normalized spacial score (nSPS) is 27.8. The van der Waals surface area contributed by atoms with Crippen LogP contribution >= 0.6 is 0 Å². The molecular weight excluding hydrogens is 212 g/mol. The van der Waals surface area contributed by atoms with E-state index < -0.39 is 0 Å². The van der Waals surface area contributed by atoms with Gasteiger partial charge in [-0.25, -0.2) is 0 Å². The van der Waals surface area contributed by atoms with Crippen LogP contribution in [-0.4, -0.2) is 55.4 Å². The van der Waals surface area contributed by atoms with Crippen LogP contribution in [0.15, 0.2) is 0 Å². The molecule has 1 aliphatic carbocycles. The van der Waals surface area contributed by atoms with Gasteiger partial charge in [0, 0.05) is 18.5 Å². The second-order valence-electron chi connectivity index (χ2n) is 5.92. The lowest BCUT2D eigenvalue weighted by Gasteiger charge is -2.35. The first-order valence-electron chi connectivity index (χ1n) is 7.08. The molecule has 1 saturated heterocycles. The van der Waals surface area contributed by atoms with Gasteiger partial charge in [-0.05, 0) is 46.3 Å². The predicted molar refractivity (Wildman–Crippen MR) is 70.1 cm³/mol. The summed E-state index contributed by atoms with van der Waals surface area (Å²) in [4.78, 5) is 16.8. The van der Waals surface area contributed by atoms with Crippen molar-refractivity contribution < 1.29 is 4.79 Å². The van der Waals surface area contributed by atoms with E-state index in [2.05, 4.69) is 23.9 Å². The number of carbonyl (C=O) groups is 1. The Hall–Kier alpha value is -0.410. The molecule has 2 aliphatic rings. The molecule has 0 aromatic heterocycles. The van der Waals surface area contributed by atoms with Gasteiger partial charge in [0.25, 0.3) is 0 Å². The molecule has 0 aromatic rings. The number of likely N-dealkylation sites (N-methyl/N-ethyl adjacent to an activating group) is 2. The summed E-state index contributed by atoms with van der Waals surface area (Å²) < 4.78 is 0. The maximum atomic E-state index is 12.1. The molecule has 2 rings (SSSR count). The summed E-state index contributed by atoms with van der Waals surface area (Å²) >= 11 is 0. The fourth-order valence-electron chi connectivity index (χ4n) is 3.25. The molecule has 98 valence electrons. The molecule has 1 heterocycles. The molecule has 0 aromatic carbocycles. The minimum absolute atomic E-state index is 0.374. The van der Waals surface area contributed by atoms with E-state index in [1.807, 2.05) is 0 Å². The van der Waals surface area contributed by atoms with Crippen molar-refractivity contribution in [1.29, 1.82) is 0 Å². The third-order valence-electron chi connectivity index (χ3n) is 4.44. The molecule has 0 spiro atoms. The van der Waals surface area contributed by atoms with Gasteiger partial charge in [-0.3, -0.25) is 9.69 Å². The molecule has 3 nitrogen and oxygen atoms in total. The number of piperidine rings is 1. The highest BCUT2D eigenvalue weighted by atomic mass is 16.1. The summed E-state index contributed by atoms with van der Waals surface area (Å²) in [6.07, 6.45) is 7.30. The Kier molecular flexibility index (Phi) is 4.57. The average molecular weight is 238 g/mol. The lowest BCUT2D eigenvalue weighted by Crippen LogP contribution is -2.47. The topological polar surface area (TPSA) is 23.6 Å². The lowest BCUT2D eigenvalue weighted by molar-refractivity contribution is -0.124. The zero-order chi connectivity index (χ0) is 12.3. The number of carbonyl (C=O) groups excluding carboxylic acids is 1. The number of rotatable bonds is 4. The molecule has 3 heteroatoms. The highest BCUT2D eigenvalue weighted by molar-refractivity contribution is 5.83. The highest BCUT2D eigenvalue weighted by Gasteiger charge is 2.27. The molecule has 0 bridgehead atoms. The van der Waals surface area contributed by atoms with Crippen molar-refractivity contribution in [1.82, 2.24) is 9.80 Å². The molecule has 0 amide bonds. The fraction of sp³-hybridized carbons (Fsp3) is 0.929. The van der Waals surface area contributed by atoms with Crippen LogP contribution in [0.25, 0.3) is 0 Å². The monoisotopic (exact) mass is 238 g/mol. The van der Waals surface area contributed by atoms with Crippen LogP contribution in [0.1, 0.15) is 38.5 Å². The van der Waals surface area contributed by atoms with E-state index >= 15 is 0 Å². The van der Waals surface area contributed by atoms with Crippen molar-refractivity contribution in [2.45, 2.75) is 44.6 Å². The van der Waals surface area contributed by atoms with Gasteiger partial charge in [0.2, 0.25) is 0 Å². The van der Waals surface area contributed by atoms with Gasteiger partial charge >= 0.3 is 0 Å². The first-order valence-corrected chi connectivity index (χ1v) is 7.08. The quantitative estimate of drug-likeness (QED) is 0.746. The van der Waals surface area contributed by atoms with E-state index in [4.69, 9.17) is 0 Å². The first kappa shape index (κ1) is 13.0. The van der Waals surface area contributed by atoms with Crippen molar-refractivity contribution in [3.05, 3.63) is 0 Å². The summed E-state index contributed by atoms with van der Waals surface area (Å²) in [6, 6.07) is 0.583. The van der Waals surface area contributed by atoms with Crippen molar-refractivity contribution in [2.75, 3.05) is 33.7 Å². The summed E-state index contributed by atoms with van der Waals surface area (Å²) in [5.74, 6) is 0.858. The van der Waals surface area contributed by atoms with Crippen molar-refractivity contribution in [3.63, 3.8) is 0 Å². The summed E-state index contributed by atoms with van der Waals surface area (Å²) in [7, 11) is 4.30. The summed E-state index contributed by atoms with van der Waals surface area (Å²) in [5.41, 5.74) is 0. The number of hydrogen-bond donors (Lipinski definition) is 0. The number of nitrogens with zero attached hydrogens (tertiary/aromatic N) is 2. The van der Waals surface area contributed by atoms with E-state index in [0.717, 1.165) is 19.4 Å². The standard InChI is InChI=1S/C14H26N2O/c1-15-9-5-8-13(10-15)16(2)11-14(17)12-6-3-4-7-12/h12-13H,3-11H2,1-2H3. The average Bonchev–Trinajstić information content (AvgIpc) is 2.82. The summed E-state index contributed by atoms with van der Waals surface area (Å²) in [6.45, 7) is 3.00. The minimum atomic E-state index is 0.374. The molecule has 1 saturated carbocycles. The fourth-order valence-corrected chi connectivity index (χ4v) is 3.25. The molecule has 0 radical (unpaired) electrons. The SMILES string of the molecule is CN1CCCC(N(C)CC(=O)C2CCCC2)C1. The Morgan fingerprint density at radius 1 is 1.24 bits per heavy atom. The molecular formula is C14H26N2O. The Morgan fingerprint density at radius 2 is 1.94 bits per heavy atom. The van der Waals surface area contributed by atoms with Gasteiger partial charge in [-0.15, -0.1) is 0 Å². The Morgan fingerprint density at radius 3 is 2.59 bits per heavy atom. The maximum absolute atomic E-state index is 12.1. The van der Waals surface area contributed by atoms with Crippen LogP contribution in [0.2, 0.25) is 0 Å². The maximum Gasteiger partial charge on any atom is 0.149 e. The smallest absolute Gasteiger partial charge is 0.149 e. The van der Waals surface area contributed by atoms with Crippen LogP contribution in [0, 0.1) is 5.92 Å². The van der Waals surface area contributed by atoms with Gasteiger partial charge in [0.1, 0.15) is 5.78 Å². The zero-order valence-electron chi connectivity index (χ0n) is 11.3. The van der Waals surface area contributed by atoms with E-state index in [9.17, 15) is 4.79 Å². The predicted octanol–water partition coefficient (Wildman–Crippen LogP) is 1.77. The van der Waals surface area contributed by atoms with E-state index in [0.29, 0.717) is 24.3 Å². The van der Waals surface area contributed by atoms with Crippen LogP contribution < -0.4 is 0 Å². The molecule has 17 heavy (non-hydrogen) atoms. The number of hydrogen-bond acceptors (Lipinski definition) is 3. The molecule has 1 aliphatic heterocycles. The Bertz CT molecular complexity index is 261. The molecule has 1 unspecified atom stereocenters. The summed E-state index contributed by atoms with van der Waals surface area (Å²) in [5, 5.41) is 0. The molecule has 1 atom stereocenters. The number of ketones is 1. The van der Waals surface area contributed by atoms with Gasteiger partial charge in [0.05, 0.1) is 6.54 Å². The zero-order valence-corrected chi connectivity index (χ0v) is 11.3. The Balaban J connectivity index is 1.79. The van der Waals surface area contributed by atoms with Crippen LogP contribution in [0.5, 0.6) is 0 Å². The second-order valence-corrected chi connectivity index (χ2v) is 5.92. The van der Waals surface area contributed by atoms with E-state index in [1.165, 1.54) is 32.2 Å². The third kappa shape index (κ3) is 3.52. The van der Waals surface area contributed by atoms with Crippen LogP contribution in [0.4, 0.5) is 0 Å². The van der Waals surface area contributed by atoms with E-state index in [1.54, 1.807) is 0 Å². The largest absolute Gasteiger partial charge is 0.305 e. The van der Waals surface area contributed by atoms with Gasteiger partial charge in [-0.1, -0.05) is 12.8 Å². The van der Waals surface area contributed by atoms with Gasteiger partial charge < -0.3 is 4.90 Å². The second kappa shape index (κ2) is 5.96. The lowest BCUT2D eigenvalue weighted by atomic mass is 10.00. The van der Waals surface area contributed by atoms with Gasteiger partial charge in [0.15, 0.2) is 0 Å². The highest BCUT2D eigenvalue weighted by Crippen LogP contribution is 2.26. The first-order chi connectivity index (χ1) is 8.16. The van der Waals surface area contributed by atoms with Crippen LogP contribution in [-0.2, 0) is 4.79 Å². The van der Waals surface area contributed by atoms with Crippen molar-refractivity contribution in [2.24, 2.45) is 5.92 Å². The minimum Gasteiger partial charge on any atom is -0.305 e. The van der Waals surface area contributed by atoms with Crippen LogP contribution in [0.3, 0.4) is 0 Å². The molecule has 2 fully saturated rings. The van der Waals surface area contributed by atoms with E-state index in [-0.39, 0.29) is 0 Å². The van der Waals surface area contributed by atoms with Gasteiger partial charge in [-0.2, -0.15) is 0 Å². The van der Waals surface area contributed by atoms with Crippen molar-refractivity contribution >= 4 is 5.78 Å². The third-order valence-corrected chi connectivity index (χ3v) is 4.44. The number of Topliss-reactive ketones (excluding diaryl/α,β-unsaturated/α-hetero) is 1.